The number of ether oxygens (including phenoxy) is 1. The van der Waals surface area contributed by atoms with Crippen molar-refractivity contribution in [3.8, 4) is 11.4 Å². The molecule has 0 radical (unpaired) electrons. The van der Waals surface area contributed by atoms with E-state index >= 15 is 0 Å². The van der Waals surface area contributed by atoms with Gasteiger partial charge in [0.1, 0.15) is 11.6 Å². The average molecular weight is 438 g/mol. The molecule has 4 aromatic rings. The largest absolute Gasteiger partial charge is 0.497 e. The van der Waals surface area contributed by atoms with Gasteiger partial charge in [-0.1, -0.05) is 41.3 Å². The minimum Gasteiger partial charge on any atom is -0.497 e. The molecule has 1 fully saturated rings. The van der Waals surface area contributed by atoms with Crippen LogP contribution in [0.1, 0.15) is 24.6 Å². The summed E-state index contributed by atoms with van der Waals surface area (Å²) in [6.07, 6.45) is 2.27. The zero-order chi connectivity index (χ0) is 20.5. The lowest BCUT2D eigenvalue weighted by Crippen LogP contribution is -2.13. The Morgan fingerprint density at radius 2 is 2.07 bits per heavy atom. The highest BCUT2D eigenvalue weighted by atomic mass is 32.2. The molecule has 5 rings (SSSR count). The molecule has 30 heavy (non-hydrogen) atoms. The second-order valence-electron chi connectivity index (χ2n) is 6.96. The molecule has 152 valence electrons. The molecule has 1 N–H and O–H groups in total. The van der Waals surface area contributed by atoms with Crippen molar-refractivity contribution in [3.05, 3.63) is 54.4 Å². The minimum atomic E-state index is -0.130. The lowest BCUT2D eigenvalue weighted by molar-refractivity contribution is -0.113. The van der Waals surface area contributed by atoms with Crippen molar-refractivity contribution in [1.29, 1.82) is 0 Å². The molecule has 2 heterocycles. The molecule has 1 saturated carbocycles. The van der Waals surface area contributed by atoms with Gasteiger partial charge in [-0.3, -0.25) is 4.79 Å². The number of aromatic nitrogens is 4. The van der Waals surface area contributed by atoms with Crippen LogP contribution < -0.4 is 10.1 Å². The van der Waals surface area contributed by atoms with Gasteiger partial charge in [0.15, 0.2) is 5.13 Å². The maximum Gasteiger partial charge on any atom is 0.236 e. The highest BCUT2D eigenvalue weighted by Crippen LogP contribution is 2.40. The number of nitrogens with one attached hydrogen (secondary N) is 1. The number of anilines is 1. The summed E-state index contributed by atoms with van der Waals surface area (Å²) < 4.78 is 8.11. The van der Waals surface area contributed by atoms with E-state index in [-0.39, 0.29) is 11.7 Å². The molecule has 0 unspecified atom stereocenters. The third-order valence-electron chi connectivity index (χ3n) is 4.73. The SMILES string of the molecule is COc1ccc2nc(NC(=O)CSc3nc(C4CC4)n(-c4ccccc4)n3)sc2c1. The van der Waals surface area contributed by atoms with Crippen LogP contribution in [0.3, 0.4) is 0 Å². The van der Waals surface area contributed by atoms with Gasteiger partial charge in [0.2, 0.25) is 11.1 Å². The van der Waals surface area contributed by atoms with Crippen molar-refractivity contribution in [1.82, 2.24) is 19.7 Å². The number of para-hydroxylation sites is 1. The Balaban J connectivity index is 1.26. The van der Waals surface area contributed by atoms with E-state index in [0.29, 0.717) is 16.2 Å². The first kappa shape index (κ1) is 19.1. The monoisotopic (exact) mass is 437 g/mol. The Morgan fingerprint density at radius 1 is 1.23 bits per heavy atom. The first-order valence-electron chi connectivity index (χ1n) is 9.59. The molecule has 0 spiro atoms. The second-order valence-corrected chi connectivity index (χ2v) is 8.94. The summed E-state index contributed by atoms with van der Waals surface area (Å²) in [5.74, 6) is 2.30. The van der Waals surface area contributed by atoms with Crippen molar-refractivity contribution >= 4 is 44.4 Å². The summed E-state index contributed by atoms with van der Waals surface area (Å²) in [6.45, 7) is 0. The Bertz CT molecular complexity index is 1200. The maximum atomic E-state index is 12.4. The van der Waals surface area contributed by atoms with Gasteiger partial charge in [-0.05, 0) is 43.2 Å². The summed E-state index contributed by atoms with van der Waals surface area (Å²) in [4.78, 5) is 21.6. The second kappa shape index (κ2) is 8.08. The number of carbonyl (C=O) groups is 1. The molecule has 9 heteroatoms. The minimum absolute atomic E-state index is 0.130. The molecular formula is C21H19N5O2S2. The van der Waals surface area contributed by atoms with E-state index in [4.69, 9.17) is 4.74 Å². The van der Waals surface area contributed by atoms with Gasteiger partial charge < -0.3 is 10.1 Å². The van der Waals surface area contributed by atoms with Crippen LogP contribution in [0.15, 0.2) is 53.7 Å². The molecule has 2 aromatic carbocycles. The summed E-state index contributed by atoms with van der Waals surface area (Å²) in [6, 6.07) is 15.6. The number of amides is 1. The van der Waals surface area contributed by atoms with E-state index in [9.17, 15) is 4.79 Å². The number of fused-ring (bicyclic) bond motifs is 1. The fourth-order valence-corrected chi connectivity index (χ4v) is 4.64. The molecule has 1 aliphatic carbocycles. The van der Waals surface area contributed by atoms with Gasteiger partial charge in [0.25, 0.3) is 0 Å². The zero-order valence-electron chi connectivity index (χ0n) is 16.2. The first-order chi connectivity index (χ1) is 14.7. The first-order valence-corrected chi connectivity index (χ1v) is 11.4. The van der Waals surface area contributed by atoms with Gasteiger partial charge in [-0.2, -0.15) is 0 Å². The Hall–Kier alpha value is -2.91. The van der Waals surface area contributed by atoms with Gasteiger partial charge in [0.05, 0.1) is 28.8 Å². The molecular weight excluding hydrogens is 418 g/mol. The topological polar surface area (TPSA) is 81.9 Å². The van der Waals surface area contributed by atoms with Crippen LogP contribution in [0.2, 0.25) is 0 Å². The van der Waals surface area contributed by atoms with Crippen LogP contribution in [0.5, 0.6) is 5.75 Å². The van der Waals surface area contributed by atoms with Crippen molar-refractivity contribution in [2.75, 3.05) is 18.2 Å². The predicted molar refractivity (Wildman–Crippen MR) is 119 cm³/mol. The van der Waals surface area contributed by atoms with E-state index < -0.39 is 0 Å². The number of rotatable bonds is 7. The van der Waals surface area contributed by atoms with Crippen LogP contribution in [-0.2, 0) is 4.79 Å². The zero-order valence-corrected chi connectivity index (χ0v) is 17.9. The number of thioether (sulfide) groups is 1. The van der Waals surface area contributed by atoms with Crippen LogP contribution in [-0.4, -0.2) is 38.5 Å². The smallest absolute Gasteiger partial charge is 0.236 e. The summed E-state index contributed by atoms with van der Waals surface area (Å²) in [5.41, 5.74) is 1.83. The Kier molecular flexibility index (Phi) is 5.14. The predicted octanol–water partition coefficient (Wildman–Crippen LogP) is 4.49. The van der Waals surface area contributed by atoms with E-state index in [1.807, 2.05) is 53.2 Å². The number of hydrogen-bond acceptors (Lipinski definition) is 7. The highest BCUT2D eigenvalue weighted by molar-refractivity contribution is 7.99. The van der Waals surface area contributed by atoms with Gasteiger partial charge in [-0.15, -0.1) is 5.10 Å². The van der Waals surface area contributed by atoms with Gasteiger partial charge in [0, 0.05) is 5.92 Å². The molecule has 1 amide bonds. The molecule has 1 aliphatic rings. The highest BCUT2D eigenvalue weighted by Gasteiger charge is 2.30. The number of thiazole rings is 1. The third-order valence-corrected chi connectivity index (χ3v) is 6.50. The summed E-state index contributed by atoms with van der Waals surface area (Å²) >= 11 is 2.76. The Morgan fingerprint density at radius 3 is 2.83 bits per heavy atom. The van der Waals surface area contributed by atoms with E-state index in [2.05, 4.69) is 20.4 Å². The molecule has 7 nitrogen and oxygen atoms in total. The van der Waals surface area contributed by atoms with E-state index in [1.54, 1.807) is 7.11 Å². The molecule has 0 saturated heterocycles. The molecule has 2 aromatic heterocycles. The number of benzene rings is 2. The van der Waals surface area contributed by atoms with E-state index in [0.717, 1.165) is 40.3 Å². The van der Waals surface area contributed by atoms with E-state index in [1.165, 1.54) is 23.1 Å². The lowest BCUT2D eigenvalue weighted by atomic mass is 10.3. The van der Waals surface area contributed by atoms with Crippen LogP contribution in [0.4, 0.5) is 5.13 Å². The normalized spacial score (nSPS) is 13.5. The van der Waals surface area contributed by atoms with Crippen molar-refractivity contribution in [2.24, 2.45) is 0 Å². The molecule has 0 bridgehead atoms. The van der Waals surface area contributed by atoms with Gasteiger partial charge >= 0.3 is 0 Å². The average Bonchev–Trinajstić information content (AvgIpc) is 3.40. The molecule has 0 atom stereocenters. The maximum absolute atomic E-state index is 12.4. The lowest BCUT2D eigenvalue weighted by Gasteiger charge is -2.03. The summed E-state index contributed by atoms with van der Waals surface area (Å²) in [7, 11) is 1.63. The van der Waals surface area contributed by atoms with Crippen molar-refractivity contribution < 1.29 is 9.53 Å². The number of methoxy groups -OCH3 is 1. The number of carbonyl (C=O) groups excluding carboxylic acids is 1. The van der Waals surface area contributed by atoms with Crippen molar-refractivity contribution in [3.63, 3.8) is 0 Å². The quantitative estimate of drug-likeness (QED) is 0.429. The standard InChI is InChI=1S/C21H19N5O2S2/c1-28-15-9-10-16-17(11-15)30-20(22-16)23-18(27)12-29-21-24-19(13-7-8-13)26(25-21)14-5-3-2-4-6-14/h2-6,9-11,13H,7-8,12H2,1H3,(H,22,23,27). The number of nitrogens with zero attached hydrogens (tertiary/aromatic N) is 4. The fourth-order valence-electron chi connectivity index (χ4n) is 3.10. The summed E-state index contributed by atoms with van der Waals surface area (Å²) in [5, 5.41) is 8.70. The number of hydrogen-bond donors (Lipinski definition) is 1. The van der Waals surface area contributed by atoms with Crippen LogP contribution in [0.25, 0.3) is 15.9 Å². The van der Waals surface area contributed by atoms with Crippen LogP contribution in [0, 0.1) is 0 Å². The van der Waals surface area contributed by atoms with Gasteiger partial charge in [-0.25, -0.2) is 14.6 Å². The van der Waals surface area contributed by atoms with Crippen molar-refractivity contribution in [2.45, 2.75) is 23.9 Å². The van der Waals surface area contributed by atoms with Crippen LogP contribution >= 0.6 is 23.1 Å². The Labute approximate surface area is 181 Å². The fraction of sp³-hybridized carbons (Fsp3) is 0.238. The third kappa shape index (κ3) is 4.03. The molecule has 0 aliphatic heterocycles.